The summed E-state index contributed by atoms with van der Waals surface area (Å²) in [5.41, 5.74) is 15.0. The average molecular weight is 906 g/mol. The zero-order valence-corrected chi connectivity index (χ0v) is 37.8. The molecular formula is C55H51N7O6. The Hall–Kier alpha value is -8.00. The fraction of sp³-hybridized carbons (Fsp3) is 0.200. The van der Waals surface area contributed by atoms with Gasteiger partial charge in [0.25, 0.3) is 6.04 Å². The van der Waals surface area contributed by atoms with E-state index in [1.807, 2.05) is 172 Å². The summed E-state index contributed by atoms with van der Waals surface area (Å²) < 4.78 is 0. The number of H-pyrrole nitrogens is 2. The van der Waals surface area contributed by atoms with Crippen LogP contribution in [0, 0.1) is 16.0 Å². The highest BCUT2D eigenvalue weighted by atomic mass is 16.7. The Bertz CT molecular complexity index is 3110. The number of nitro groups is 1. The van der Waals surface area contributed by atoms with Gasteiger partial charge >= 0.3 is 11.9 Å². The Balaban J connectivity index is 1.46. The van der Waals surface area contributed by atoms with Gasteiger partial charge in [-0.2, -0.15) is 11.0 Å². The first kappa shape index (κ1) is 45.2. The second-order valence-electron chi connectivity index (χ2n) is 16.7. The van der Waals surface area contributed by atoms with E-state index in [0.29, 0.717) is 81.6 Å². The van der Waals surface area contributed by atoms with E-state index in [0.717, 1.165) is 35.1 Å². The fourth-order valence-corrected chi connectivity index (χ4v) is 9.05. The van der Waals surface area contributed by atoms with E-state index in [2.05, 4.69) is 20.9 Å². The van der Waals surface area contributed by atoms with E-state index < -0.39 is 34.7 Å². The number of rotatable bonds is 16. The molecule has 4 aromatic carbocycles. The van der Waals surface area contributed by atoms with E-state index in [1.54, 1.807) is 0 Å². The second kappa shape index (κ2) is 20.7. The Labute approximate surface area is 393 Å². The summed E-state index contributed by atoms with van der Waals surface area (Å²) in [6, 6.07) is 44.4. The highest BCUT2D eigenvalue weighted by molar-refractivity contribution is 5.99. The van der Waals surface area contributed by atoms with Crippen molar-refractivity contribution >= 4 is 46.2 Å². The molecule has 68 heavy (non-hydrogen) atoms. The minimum atomic E-state index is -1.87. The maximum Gasteiger partial charge on any atom is 0.340 e. The van der Waals surface area contributed by atoms with Crippen LogP contribution in [0.15, 0.2) is 146 Å². The third-order valence-corrected chi connectivity index (χ3v) is 12.2. The van der Waals surface area contributed by atoms with Crippen LogP contribution in [-0.4, -0.2) is 49.9 Å². The molecule has 7 aromatic rings. The molecule has 0 unspecified atom stereocenters. The summed E-state index contributed by atoms with van der Waals surface area (Å²) in [6.45, 7) is 4.59. The lowest BCUT2D eigenvalue weighted by Crippen LogP contribution is -2.40. The van der Waals surface area contributed by atoms with Gasteiger partial charge in [-0.15, -0.1) is 0 Å². The van der Waals surface area contributed by atoms with Crippen molar-refractivity contribution in [3.05, 3.63) is 178 Å². The fourth-order valence-electron chi connectivity index (χ4n) is 9.05. The smallest absolute Gasteiger partial charge is 0.340 e. The maximum absolute atomic E-state index is 14.7. The molecule has 3 aromatic heterocycles. The highest BCUT2D eigenvalue weighted by Gasteiger charge is 2.55. The standard InChI is InChI=1S/C55H51N7O6/c1-3-5-33-56-67-54(63)50(55(64)68-57-34-6-4-2)49-51-47(37-23-15-9-16-24-37)43-31-29-41(59-43)45(35-19-11-7-12-20-35)39-27-28-40(58-39)46(36-21-13-8-14-22-36)42-30-32-44(60-42)48(38-25-17-10-18-26-38)52(61-51)53(49)62(65)66/h7-32,49-50,53,56-57,59-60H,3-6,33-34H2,1-2H3/t49-,53+/m1/s1. The van der Waals surface area contributed by atoms with Crippen LogP contribution in [0.1, 0.15) is 74.3 Å². The van der Waals surface area contributed by atoms with Gasteiger partial charge in [-0.1, -0.05) is 148 Å². The van der Waals surface area contributed by atoms with Crippen molar-refractivity contribution in [2.24, 2.45) is 5.92 Å². The summed E-state index contributed by atoms with van der Waals surface area (Å²) >= 11 is 0. The molecule has 0 fully saturated rings. The molecule has 13 heteroatoms. The molecule has 9 rings (SSSR count). The van der Waals surface area contributed by atoms with Crippen molar-refractivity contribution in [1.82, 2.24) is 30.9 Å². The van der Waals surface area contributed by atoms with Crippen molar-refractivity contribution in [1.29, 1.82) is 0 Å². The van der Waals surface area contributed by atoms with Gasteiger partial charge in [0.15, 0.2) is 5.92 Å². The zero-order valence-electron chi connectivity index (χ0n) is 37.8. The Morgan fingerprint density at radius 2 is 0.926 bits per heavy atom. The Kier molecular flexibility index (Phi) is 13.7. The van der Waals surface area contributed by atoms with E-state index in [4.69, 9.17) is 19.6 Å². The van der Waals surface area contributed by atoms with E-state index >= 15 is 0 Å². The first-order chi connectivity index (χ1) is 33.4. The van der Waals surface area contributed by atoms with Crippen LogP contribution in [0.4, 0.5) is 0 Å². The normalized spacial score (nSPS) is 14.2. The van der Waals surface area contributed by atoms with Crippen molar-refractivity contribution in [3.63, 3.8) is 0 Å². The van der Waals surface area contributed by atoms with Crippen molar-refractivity contribution in [3.8, 4) is 44.5 Å². The Morgan fingerprint density at radius 3 is 1.31 bits per heavy atom. The lowest BCUT2D eigenvalue weighted by molar-refractivity contribution is -0.533. The predicted molar refractivity (Wildman–Crippen MR) is 266 cm³/mol. The lowest BCUT2D eigenvalue weighted by atomic mass is 9.80. The molecule has 2 aliphatic rings. The number of hydrogen-bond acceptors (Lipinski definition) is 10. The molecule has 0 saturated carbocycles. The number of carbonyl (C=O) groups excluding carboxylic acids is 2. The van der Waals surface area contributed by atoms with Gasteiger partial charge in [-0.05, 0) is 71.5 Å². The highest BCUT2D eigenvalue weighted by Crippen LogP contribution is 2.50. The first-order valence-corrected chi connectivity index (χ1v) is 23.1. The number of nitrogens with zero attached hydrogens (tertiary/aromatic N) is 3. The van der Waals surface area contributed by atoms with Gasteiger partial charge in [0.2, 0.25) is 0 Å². The monoisotopic (exact) mass is 905 g/mol. The van der Waals surface area contributed by atoms with Gasteiger partial charge in [-0.3, -0.25) is 10.1 Å². The predicted octanol–water partition coefficient (Wildman–Crippen LogP) is 11.6. The summed E-state index contributed by atoms with van der Waals surface area (Å²) in [5, 5.41) is 14.2. The minimum absolute atomic E-state index is 0.0388. The maximum atomic E-state index is 14.7. The average Bonchev–Trinajstić information content (AvgIpc) is 4.21. The molecule has 5 heterocycles. The summed E-state index contributed by atoms with van der Waals surface area (Å²) in [5.74, 6) is -5.49. The van der Waals surface area contributed by atoms with E-state index in [-0.39, 0.29) is 11.4 Å². The lowest BCUT2D eigenvalue weighted by Gasteiger charge is -2.23. The second-order valence-corrected chi connectivity index (χ2v) is 16.7. The number of fused-ring (bicyclic) bond motifs is 8. The number of carbonyl (C=O) groups is 2. The van der Waals surface area contributed by atoms with Crippen LogP contribution in [0.5, 0.6) is 0 Å². The zero-order chi connectivity index (χ0) is 47.0. The molecule has 0 amide bonds. The number of hydrogen-bond donors (Lipinski definition) is 4. The van der Waals surface area contributed by atoms with Crippen molar-refractivity contribution in [2.75, 3.05) is 13.1 Å². The van der Waals surface area contributed by atoms with Crippen LogP contribution in [0.3, 0.4) is 0 Å². The molecule has 0 spiro atoms. The first-order valence-electron chi connectivity index (χ1n) is 23.1. The molecule has 0 saturated heterocycles. The van der Waals surface area contributed by atoms with Gasteiger partial charge in [0.1, 0.15) is 5.69 Å². The van der Waals surface area contributed by atoms with Crippen molar-refractivity contribution in [2.45, 2.75) is 51.5 Å². The van der Waals surface area contributed by atoms with Crippen LogP contribution in [-0.2, 0) is 19.3 Å². The molecule has 0 aliphatic carbocycles. The Morgan fingerprint density at radius 1 is 0.559 bits per heavy atom. The largest absolute Gasteiger partial charge is 0.370 e. The minimum Gasteiger partial charge on any atom is -0.370 e. The molecule has 0 radical (unpaired) electrons. The number of aromatic amines is 2. The molecule has 2 atom stereocenters. The van der Waals surface area contributed by atoms with Crippen molar-refractivity contribution < 1.29 is 24.2 Å². The molecular weight excluding hydrogens is 855 g/mol. The van der Waals surface area contributed by atoms with Crippen LogP contribution >= 0.6 is 0 Å². The molecule has 8 bridgehead atoms. The number of nitrogens with one attached hydrogen (secondary N) is 4. The number of benzene rings is 4. The topological polar surface area (TPSA) is 177 Å². The molecule has 342 valence electrons. The summed E-state index contributed by atoms with van der Waals surface area (Å²) in [6.07, 6.45) is 6.98. The van der Waals surface area contributed by atoms with Crippen LogP contribution in [0.25, 0.3) is 78.7 Å². The van der Waals surface area contributed by atoms with Gasteiger partial charge in [0.05, 0.1) is 23.0 Å². The molecule has 4 N–H and O–H groups in total. The number of hydroxylamine groups is 2. The number of aromatic nitrogens is 4. The SMILES string of the molecule is CCCCNOC(=O)C(C(=O)ONCCCC)[C@@H]1c2nc(c(-c3ccccc3)c3ccc([nH]3)c(-c3ccccc3)c3nc(c(-c4ccccc4)c4ccc([nH]4)c2-c2ccccc2)C=C3)[C@H]1[N+](=O)[O-]. The summed E-state index contributed by atoms with van der Waals surface area (Å²) in [7, 11) is 0. The van der Waals surface area contributed by atoms with Gasteiger partial charge in [0, 0.05) is 62.3 Å². The van der Waals surface area contributed by atoms with Gasteiger partial charge < -0.3 is 19.6 Å². The molecule has 13 nitrogen and oxygen atoms in total. The van der Waals surface area contributed by atoms with E-state index in [1.165, 1.54) is 0 Å². The van der Waals surface area contributed by atoms with E-state index in [9.17, 15) is 19.7 Å². The van der Waals surface area contributed by atoms with Crippen LogP contribution in [0.2, 0.25) is 0 Å². The third-order valence-electron chi connectivity index (χ3n) is 12.2. The third kappa shape index (κ3) is 9.22. The van der Waals surface area contributed by atoms with Gasteiger partial charge in [-0.25, -0.2) is 19.6 Å². The van der Waals surface area contributed by atoms with Crippen LogP contribution < -0.4 is 11.0 Å². The quantitative estimate of drug-likeness (QED) is 0.0316. The molecule has 2 aliphatic heterocycles. The number of unbranched alkanes of at least 4 members (excludes halogenated alkanes) is 2. The summed E-state index contributed by atoms with van der Waals surface area (Å²) in [4.78, 5) is 72.3.